The van der Waals surface area contributed by atoms with Gasteiger partial charge in [0.2, 0.25) is 5.91 Å². The highest BCUT2D eigenvalue weighted by atomic mass is 32.2. The van der Waals surface area contributed by atoms with Crippen LogP contribution in [0.4, 0.5) is 11.4 Å². The molecule has 2 aromatic carbocycles. The number of ether oxygens (including phenoxy) is 1. The van der Waals surface area contributed by atoms with Gasteiger partial charge in [-0.2, -0.15) is 0 Å². The van der Waals surface area contributed by atoms with Crippen LogP contribution in [0.2, 0.25) is 0 Å². The zero-order valence-electron chi connectivity index (χ0n) is 14.7. The van der Waals surface area contributed by atoms with Gasteiger partial charge in [0, 0.05) is 19.7 Å². The van der Waals surface area contributed by atoms with Gasteiger partial charge in [0.25, 0.3) is 10.0 Å². The van der Waals surface area contributed by atoms with Gasteiger partial charge >= 0.3 is 5.97 Å². The fraction of sp³-hybridized carbons (Fsp3) is 0.222. The van der Waals surface area contributed by atoms with Crippen molar-refractivity contribution in [1.29, 1.82) is 0 Å². The molecule has 2 aromatic rings. The van der Waals surface area contributed by atoms with Gasteiger partial charge in [-0.3, -0.25) is 9.10 Å². The number of benzene rings is 2. The Morgan fingerprint density at radius 1 is 1.12 bits per heavy atom. The predicted octanol–water partition coefficient (Wildman–Crippen LogP) is 2.65. The summed E-state index contributed by atoms with van der Waals surface area (Å²) in [7, 11) is -2.42. The summed E-state index contributed by atoms with van der Waals surface area (Å²) in [6.45, 7) is 3.30. The molecule has 0 heterocycles. The van der Waals surface area contributed by atoms with Crippen LogP contribution in [0.1, 0.15) is 24.2 Å². The van der Waals surface area contributed by atoms with E-state index in [0.29, 0.717) is 11.4 Å². The molecule has 138 valence electrons. The van der Waals surface area contributed by atoms with Gasteiger partial charge < -0.3 is 10.1 Å². The van der Waals surface area contributed by atoms with Gasteiger partial charge in [0.1, 0.15) is 0 Å². The minimum Gasteiger partial charge on any atom is -0.462 e. The van der Waals surface area contributed by atoms with Crippen molar-refractivity contribution in [1.82, 2.24) is 0 Å². The van der Waals surface area contributed by atoms with Crippen LogP contribution in [0.25, 0.3) is 0 Å². The number of nitrogens with zero attached hydrogens (tertiary/aromatic N) is 1. The van der Waals surface area contributed by atoms with Crippen molar-refractivity contribution in [2.24, 2.45) is 0 Å². The van der Waals surface area contributed by atoms with E-state index >= 15 is 0 Å². The van der Waals surface area contributed by atoms with E-state index in [4.69, 9.17) is 4.74 Å². The number of esters is 1. The second kappa shape index (κ2) is 8.01. The number of hydrogen-bond donors (Lipinski definition) is 1. The molecule has 0 fully saturated rings. The number of nitrogens with one attached hydrogen (secondary N) is 1. The van der Waals surface area contributed by atoms with Crippen LogP contribution in [0.15, 0.2) is 53.4 Å². The third kappa shape index (κ3) is 4.40. The van der Waals surface area contributed by atoms with Crippen LogP contribution in [-0.2, 0) is 19.6 Å². The Hall–Kier alpha value is -2.87. The van der Waals surface area contributed by atoms with Crippen LogP contribution in [-0.4, -0.2) is 33.9 Å². The standard InChI is InChI=1S/C18H20N2O5S/c1-4-25-18(22)14-6-5-7-16(12-14)20(3)26(23,24)17-10-8-15(9-11-17)19-13(2)21/h5-12H,4H2,1-3H3,(H,19,21). The van der Waals surface area contributed by atoms with Crippen LogP contribution in [0, 0.1) is 0 Å². The van der Waals surface area contributed by atoms with Crippen LogP contribution >= 0.6 is 0 Å². The first kappa shape index (κ1) is 19.5. The molecule has 0 aromatic heterocycles. The topological polar surface area (TPSA) is 92.8 Å². The van der Waals surface area contributed by atoms with Crippen LogP contribution in [0.5, 0.6) is 0 Å². The molecule has 0 aliphatic carbocycles. The minimum absolute atomic E-state index is 0.0654. The lowest BCUT2D eigenvalue weighted by atomic mass is 10.2. The van der Waals surface area contributed by atoms with Gasteiger partial charge in [-0.25, -0.2) is 13.2 Å². The van der Waals surface area contributed by atoms with Gasteiger partial charge in [-0.05, 0) is 49.4 Å². The van der Waals surface area contributed by atoms with E-state index < -0.39 is 16.0 Å². The summed E-state index contributed by atoms with van der Waals surface area (Å²) < 4.78 is 31.6. The quantitative estimate of drug-likeness (QED) is 0.783. The molecule has 26 heavy (non-hydrogen) atoms. The van der Waals surface area contributed by atoms with Gasteiger partial charge in [-0.15, -0.1) is 0 Å². The number of rotatable bonds is 6. The first-order chi connectivity index (χ1) is 12.3. The molecular formula is C18H20N2O5S. The van der Waals surface area contributed by atoms with E-state index in [1.54, 1.807) is 25.1 Å². The largest absolute Gasteiger partial charge is 0.462 e. The van der Waals surface area contributed by atoms with E-state index in [2.05, 4.69) is 5.32 Å². The average Bonchev–Trinajstić information content (AvgIpc) is 2.61. The van der Waals surface area contributed by atoms with Gasteiger partial charge in [-0.1, -0.05) is 6.07 Å². The van der Waals surface area contributed by atoms with Crippen molar-refractivity contribution < 1.29 is 22.7 Å². The summed E-state index contributed by atoms with van der Waals surface area (Å²) in [5.74, 6) is -0.756. The molecule has 1 amide bonds. The predicted molar refractivity (Wildman–Crippen MR) is 98.7 cm³/mol. The maximum absolute atomic E-state index is 12.8. The molecule has 0 saturated carbocycles. The zero-order chi connectivity index (χ0) is 19.3. The summed E-state index contributed by atoms with van der Waals surface area (Å²) in [5.41, 5.74) is 1.11. The molecule has 7 nitrogen and oxygen atoms in total. The van der Waals surface area contributed by atoms with Crippen molar-refractivity contribution in [2.45, 2.75) is 18.7 Å². The minimum atomic E-state index is -3.82. The van der Waals surface area contributed by atoms with E-state index in [9.17, 15) is 18.0 Å². The molecule has 0 saturated heterocycles. The number of carbonyl (C=O) groups excluding carboxylic acids is 2. The summed E-state index contributed by atoms with van der Waals surface area (Å²) >= 11 is 0. The Labute approximate surface area is 152 Å². The molecular weight excluding hydrogens is 356 g/mol. The summed E-state index contributed by atoms with van der Waals surface area (Å²) in [6.07, 6.45) is 0. The van der Waals surface area contributed by atoms with Crippen molar-refractivity contribution >= 4 is 33.3 Å². The van der Waals surface area contributed by atoms with Crippen LogP contribution < -0.4 is 9.62 Å². The van der Waals surface area contributed by atoms with Crippen LogP contribution in [0.3, 0.4) is 0 Å². The normalized spacial score (nSPS) is 10.9. The molecule has 0 unspecified atom stereocenters. The molecule has 0 spiro atoms. The lowest BCUT2D eigenvalue weighted by Crippen LogP contribution is -2.26. The highest BCUT2D eigenvalue weighted by Crippen LogP contribution is 2.24. The average molecular weight is 376 g/mol. The number of amides is 1. The molecule has 1 N–H and O–H groups in total. The molecule has 0 atom stereocenters. The molecule has 0 bridgehead atoms. The highest BCUT2D eigenvalue weighted by Gasteiger charge is 2.22. The molecule has 8 heteroatoms. The molecule has 2 rings (SSSR count). The lowest BCUT2D eigenvalue weighted by Gasteiger charge is -2.20. The molecule has 0 aliphatic rings. The fourth-order valence-electron chi connectivity index (χ4n) is 2.25. The van der Waals surface area contributed by atoms with Crippen molar-refractivity contribution in [3.8, 4) is 0 Å². The van der Waals surface area contributed by atoms with E-state index in [0.717, 1.165) is 4.31 Å². The lowest BCUT2D eigenvalue weighted by molar-refractivity contribution is -0.114. The van der Waals surface area contributed by atoms with E-state index in [-0.39, 0.29) is 23.0 Å². The van der Waals surface area contributed by atoms with E-state index in [1.165, 1.54) is 44.3 Å². The molecule has 0 aliphatic heterocycles. The number of sulfonamides is 1. The Bertz CT molecular complexity index is 907. The number of hydrogen-bond acceptors (Lipinski definition) is 5. The fourth-order valence-corrected chi connectivity index (χ4v) is 3.44. The highest BCUT2D eigenvalue weighted by molar-refractivity contribution is 7.92. The van der Waals surface area contributed by atoms with E-state index in [1.807, 2.05) is 0 Å². The first-order valence-electron chi connectivity index (χ1n) is 7.89. The SMILES string of the molecule is CCOC(=O)c1cccc(N(C)S(=O)(=O)c2ccc(NC(C)=O)cc2)c1. The number of anilines is 2. The first-order valence-corrected chi connectivity index (χ1v) is 9.33. The summed E-state index contributed by atoms with van der Waals surface area (Å²) in [5, 5.41) is 2.58. The van der Waals surface area contributed by atoms with Gasteiger partial charge in [0.15, 0.2) is 0 Å². The zero-order valence-corrected chi connectivity index (χ0v) is 15.5. The summed E-state index contributed by atoms with van der Waals surface area (Å²) in [4.78, 5) is 23.0. The third-order valence-corrected chi connectivity index (χ3v) is 5.35. The Morgan fingerprint density at radius 3 is 2.35 bits per heavy atom. The maximum atomic E-state index is 12.8. The summed E-state index contributed by atoms with van der Waals surface area (Å²) in [6, 6.07) is 12.0. The second-order valence-corrected chi connectivity index (χ2v) is 7.42. The molecule has 0 radical (unpaired) electrons. The Kier molecular flexibility index (Phi) is 5.99. The van der Waals surface area contributed by atoms with Crippen molar-refractivity contribution in [3.05, 3.63) is 54.1 Å². The second-order valence-electron chi connectivity index (χ2n) is 5.45. The Morgan fingerprint density at radius 2 is 1.77 bits per heavy atom. The number of carbonyl (C=O) groups is 2. The smallest absolute Gasteiger partial charge is 0.338 e. The Balaban J connectivity index is 2.30. The third-order valence-electron chi connectivity index (χ3n) is 3.55. The monoisotopic (exact) mass is 376 g/mol. The van der Waals surface area contributed by atoms with Gasteiger partial charge in [0.05, 0.1) is 22.8 Å². The maximum Gasteiger partial charge on any atom is 0.338 e. The van der Waals surface area contributed by atoms with Crippen molar-refractivity contribution in [3.63, 3.8) is 0 Å². The van der Waals surface area contributed by atoms with Crippen molar-refractivity contribution in [2.75, 3.05) is 23.3 Å².